The monoisotopic (exact) mass is 449 g/mol. The van der Waals surface area contributed by atoms with Crippen molar-refractivity contribution in [3.63, 3.8) is 0 Å². The lowest BCUT2D eigenvalue weighted by Crippen LogP contribution is -2.42. The first-order valence-electron chi connectivity index (χ1n) is 9.86. The number of urea groups is 1. The smallest absolute Gasteiger partial charge is 0.387 e. The largest absolute Gasteiger partial charge is 0.435 e. The number of rotatable bonds is 5. The zero-order valence-corrected chi connectivity index (χ0v) is 17.4. The SMILES string of the molecule is O=C1NC(c2ccccc2)=C(c2nc3ccccc3s2)C(c2ccc(OC(F)F)cc2)N1. The maximum absolute atomic E-state index is 12.6. The number of hydrogen-bond acceptors (Lipinski definition) is 4. The molecule has 0 radical (unpaired) electrons. The Morgan fingerprint density at radius 2 is 1.66 bits per heavy atom. The summed E-state index contributed by atoms with van der Waals surface area (Å²) in [7, 11) is 0. The third-order valence-electron chi connectivity index (χ3n) is 5.10. The molecule has 3 aromatic carbocycles. The zero-order chi connectivity index (χ0) is 22.1. The van der Waals surface area contributed by atoms with E-state index in [2.05, 4.69) is 15.4 Å². The van der Waals surface area contributed by atoms with E-state index in [0.29, 0.717) is 5.70 Å². The van der Waals surface area contributed by atoms with Gasteiger partial charge in [0.25, 0.3) is 0 Å². The van der Waals surface area contributed by atoms with Crippen LogP contribution in [0.25, 0.3) is 21.5 Å². The molecule has 2 heterocycles. The predicted molar refractivity (Wildman–Crippen MR) is 120 cm³/mol. The Bertz CT molecular complexity index is 1270. The van der Waals surface area contributed by atoms with Gasteiger partial charge in [-0.05, 0) is 35.4 Å². The number of amides is 2. The number of alkyl halides is 2. The van der Waals surface area contributed by atoms with Gasteiger partial charge < -0.3 is 15.4 Å². The number of benzene rings is 3. The van der Waals surface area contributed by atoms with Gasteiger partial charge in [-0.3, -0.25) is 0 Å². The number of carbonyl (C=O) groups is 1. The van der Waals surface area contributed by atoms with E-state index in [1.807, 2.05) is 54.6 Å². The molecule has 0 spiro atoms. The summed E-state index contributed by atoms with van der Waals surface area (Å²) in [6.45, 7) is -2.90. The molecule has 8 heteroatoms. The fraction of sp³-hybridized carbons (Fsp3) is 0.0833. The van der Waals surface area contributed by atoms with Crippen LogP contribution in [0.4, 0.5) is 13.6 Å². The van der Waals surface area contributed by atoms with Crippen LogP contribution in [0.1, 0.15) is 22.2 Å². The van der Waals surface area contributed by atoms with E-state index in [1.165, 1.54) is 23.5 Å². The minimum atomic E-state index is -2.90. The van der Waals surface area contributed by atoms with Crippen LogP contribution in [-0.2, 0) is 0 Å². The summed E-state index contributed by atoms with van der Waals surface area (Å²) in [5.41, 5.74) is 3.90. The van der Waals surface area contributed by atoms with Gasteiger partial charge in [-0.2, -0.15) is 8.78 Å². The van der Waals surface area contributed by atoms with E-state index in [-0.39, 0.29) is 11.8 Å². The normalized spacial score (nSPS) is 16.2. The van der Waals surface area contributed by atoms with Crippen molar-refractivity contribution >= 4 is 38.9 Å². The third kappa shape index (κ3) is 3.92. The average Bonchev–Trinajstić information content (AvgIpc) is 3.23. The van der Waals surface area contributed by atoms with Crippen molar-refractivity contribution in [1.29, 1.82) is 0 Å². The summed E-state index contributed by atoms with van der Waals surface area (Å²) in [4.78, 5) is 17.4. The van der Waals surface area contributed by atoms with Crippen molar-refractivity contribution in [3.8, 4) is 5.75 Å². The number of carbonyl (C=O) groups excluding carboxylic acids is 1. The van der Waals surface area contributed by atoms with E-state index in [0.717, 1.165) is 31.9 Å². The van der Waals surface area contributed by atoms with Crippen molar-refractivity contribution in [2.75, 3.05) is 0 Å². The fourth-order valence-corrected chi connectivity index (χ4v) is 4.75. The summed E-state index contributed by atoms with van der Waals surface area (Å²) < 4.78 is 30.6. The molecule has 0 saturated heterocycles. The molecule has 4 aromatic rings. The first kappa shape index (κ1) is 20.1. The van der Waals surface area contributed by atoms with E-state index in [9.17, 15) is 13.6 Å². The van der Waals surface area contributed by atoms with Crippen molar-refractivity contribution in [1.82, 2.24) is 15.6 Å². The lowest BCUT2D eigenvalue weighted by atomic mass is 9.93. The van der Waals surface area contributed by atoms with Crippen molar-refractivity contribution < 1.29 is 18.3 Å². The Kier molecular flexibility index (Phi) is 5.28. The highest BCUT2D eigenvalue weighted by Crippen LogP contribution is 2.41. The van der Waals surface area contributed by atoms with Crippen LogP contribution in [0.15, 0.2) is 78.9 Å². The summed E-state index contributed by atoms with van der Waals surface area (Å²) in [5.74, 6) is 0.0535. The summed E-state index contributed by atoms with van der Waals surface area (Å²) >= 11 is 1.53. The molecule has 1 unspecified atom stereocenters. The average molecular weight is 449 g/mol. The highest BCUT2D eigenvalue weighted by molar-refractivity contribution is 7.19. The lowest BCUT2D eigenvalue weighted by Gasteiger charge is -2.30. The molecule has 32 heavy (non-hydrogen) atoms. The Balaban J connectivity index is 1.68. The van der Waals surface area contributed by atoms with Crippen LogP contribution < -0.4 is 15.4 Å². The topological polar surface area (TPSA) is 63.2 Å². The number of halogens is 2. The molecule has 1 aliphatic heterocycles. The number of thiazole rings is 1. The standard InChI is InChI=1S/C24H17F2N3O2S/c25-23(26)31-16-12-10-15(11-13-16)21-19(22-27-17-8-4-5-9-18(17)32-22)20(28-24(30)29-21)14-6-2-1-3-7-14/h1-13,21,23H,(H2,28,29,30). The summed E-state index contributed by atoms with van der Waals surface area (Å²) in [6.07, 6.45) is 0. The highest BCUT2D eigenvalue weighted by Gasteiger charge is 2.32. The molecule has 1 atom stereocenters. The molecule has 1 aromatic heterocycles. The zero-order valence-electron chi connectivity index (χ0n) is 16.6. The van der Waals surface area contributed by atoms with Gasteiger partial charge in [0.2, 0.25) is 0 Å². The number of nitrogens with one attached hydrogen (secondary N) is 2. The maximum atomic E-state index is 12.6. The van der Waals surface area contributed by atoms with E-state index in [4.69, 9.17) is 4.98 Å². The second-order valence-electron chi connectivity index (χ2n) is 7.12. The quantitative estimate of drug-likeness (QED) is 0.404. The molecular weight excluding hydrogens is 432 g/mol. The minimum Gasteiger partial charge on any atom is -0.435 e. The van der Waals surface area contributed by atoms with Gasteiger partial charge in [-0.25, -0.2) is 9.78 Å². The van der Waals surface area contributed by atoms with Crippen molar-refractivity contribution in [2.45, 2.75) is 12.7 Å². The van der Waals surface area contributed by atoms with Gasteiger partial charge in [0.15, 0.2) is 0 Å². The number of ether oxygens (including phenoxy) is 1. The third-order valence-corrected chi connectivity index (χ3v) is 6.17. The van der Waals surface area contributed by atoms with Gasteiger partial charge >= 0.3 is 12.6 Å². The van der Waals surface area contributed by atoms with Gasteiger partial charge in [-0.1, -0.05) is 54.6 Å². The molecule has 1 aliphatic rings. The molecule has 2 N–H and O–H groups in total. The van der Waals surface area contributed by atoms with Crippen molar-refractivity contribution in [3.05, 3.63) is 95.0 Å². The van der Waals surface area contributed by atoms with Crippen molar-refractivity contribution in [2.24, 2.45) is 0 Å². The van der Waals surface area contributed by atoms with Gasteiger partial charge in [0.05, 0.1) is 22.0 Å². The molecule has 0 saturated carbocycles. The first-order chi connectivity index (χ1) is 15.6. The Morgan fingerprint density at radius 3 is 2.38 bits per heavy atom. The second kappa shape index (κ2) is 8.39. The lowest BCUT2D eigenvalue weighted by molar-refractivity contribution is -0.0498. The fourth-order valence-electron chi connectivity index (χ4n) is 3.71. The first-order valence-corrected chi connectivity index (χ1v) is 10.7. The summed E-state index contributed by atoms with van der Waals surface area (Å²) in [5, 5.41) is 6.65. The Hall–Kier alpha value is -3.78. The van der Waals surface area contributed by atoms with E-state index >= 15 is 0 Å². The van der Waals surface area contributed by atoms with Crippen LogP contribution in [-0.4, -0.2) is 17.6 Å². The molecular formula is C24H17F2N3O2S. The van der Waals surface area contributed by atoms with Gasteiger partial charge in [0, 0.05) is 5.57 Å². The minimum absolute atomic E-state index is 0.0535. The second-order valence-corrected chi connectivity index (χ2v) is 8.15. The highest BCUT2D eigenvalue weighted by atomic mass is 32.1. The number of nitrogens with zero attached hydrogens (tertiary/aromatic N) is 1. The molecule has 5 nitrogen and oxygen atoms in total. The van der Waals surface area contributed by atoms with Crippen LogP contribution >= 0.6 is 11.3 Å². The van der Waals surface area contributed by atoms with Gasteiger partial charge in [0.1, 0.15) is 10.8 Å². The Morgan fingerprint density at radius 1 is 0.938 bits per heavy atom. The maximum Gasteiger partial charge on any atom is 0.387 e. The number of hydrogen-bond donors (Lipinski definition) is 2. The predicted octanol–water partition coefficient (Wildman–Crippen LogP) is 5.82. The molecule has 2 amide bonds. The molecule has 0 aliphatic carbocycles. The van der Waals surface area contributed by atoms with E-state index in [1.54, 1.807) is 12.1 Å². The molecule has 160 valence electrons. The van der Waals surface area contributed by atoms with Gasteiger partial charge in [-0.15, -0.1) is 11.3 Å². The summed E-state index contributed by atoms with van der Waals surface area (Å²) in [6, 6.07) is 22.8. The van der Waals surface area contributed by atoms with E-state index < -0.39 is 12.7 Å². The van der Waals surface area contributed by atoms with Crippen LogP contribution in [0.5, 0.6) is 5.75 Å². The van der Waals surface area contributed by atoms with Crippen LogP contribution in [0.3, 0.4) is 0 Å². The molecule has 5 rings (SSSR count). The molecule has 0 fully saturated rings. The van der Waals surface area contributed by atoms with Crippen LogP contribution in [0.2, 0.25) is 0 Å². The molecule has 0 bridgehead atoms. The number of para-hydroxylation sites is 1. The van der Waals surface area contributed by atoms with Crippen LogP contribution in [0, 0.1) is 0 Å². The number of fused-ring (bicyclic) bond motifs is 1. The Labute approximate surface area is 186 Å². The number of aromatic nitrogens is 1.